The lowest BCUT2D eigenvalue weighted by Crippen LogP contribution is -2.44. The van der Waals surface area contributed by atoms with E-state index in [-0.39, 0.29) is 0 Å². The number of hydrogen-bond donors (Lipinski definition) is 1. The molecule has 2 nitrogen and oxygen atoms in total. The lowest BCUT2D eigenvalue weighted by Gasteiger charge is -2.35. The Bertz CT molecular complexity index is 462. The van der Waals surface area contributed by atoms with Gasteiger partial charge in [-0.05, 0) is 70.7 Å². The number of hydrogen-bond acceptors (Lipinski definition) is 2. The molecule has 2 heteroatoms. The maximum atomic E-state index is 3.72. The summed E-state index contributed by atoms with van der Waals surface area (Å²) in [5.74, 6) is 0. The quantitative estimate of drug-likeness (QED) is 0.905. The van der Waals surface area contributed by atoms with E-state index >= 15 is 0 Å². The number of aryl methyl sites for hydroxylation is 2. The van der Waals surface area contributed by atoms with E-state index in [4.69, 9.17) is 0 Å². The molecular formula is C18H28N2. The maximum Gasteiger partial charge on any atom is 0.0326 e. The number of likely N-dealkylation sites (tertiary alicyclic amines) is 1. The molecule has 2 aliphatic rings. The highest BCUT2D eigenvalue weighted by Gasteiger charge is 2.36. The second-order valence-corrected chi connectivity index (χ2v) is 6.69. The molecule has 0 spiro atoms. The molecule has 1 aromatic carbocycles. The average Bonchev–Trinajstić information content (AvgIpc) is 3.09. The zero-order valence-corrected chi connectivity index (χ0v) is 13.2. The van der Waals surface area contributed by atoms with Crippen molar-refractivity contribution in [1.29, 1.82) is 0 Å². The third-order valence-corrected chi connectivity index (χ3v) is 5.28. The largest absolute Gasteiger partial charge is 0.312 e. The van der Waals surface area contributed by atoms with E-state index in [2.05, 4.69) is 49.2 Å². The summed E-state index contributed by atoms with van der Waals surface area (Å²) >= 11 is 0. The van der Waals surface area contributed by atoms with E-state index in [0.717, 1.165) is 12.1 Å². The normalized spacial score (nSPS) is 28.9. The molecule has 0 aromatic heterocycles. The summed E-state index contributed by atoms with van der Waals surface area (Å²) in [6.45, 7) is 9.31. The van der Waals surface area contributed by atoms with Gasteiger partial charge in [0.25, 0.3) is 0 Å². The summed E-state index contributed by atoms with van der Waals surface area (Å²) in [6.07, 6.45) is 5.44. The Hall–Kier alpha value is -0.860. The number of nitrogens with zero attached hydrogens (tertiary/aromatic N) is 1. The minimum atomic E-state index is 0.547. The fraction of sp³-hybridized carbons (Fsp3) is 0.667. The van der Waals surface area contributed by atoms with Crippen molar-refractivity contribution in [2.75, 3.05) is 13.1 Å². The highest BCUT2D eigenvalue weighted by atomic mass is 15.2. The van der Waals surface area contributed by atoms with Gasteiger partial charge in [-0.2, -0.15) is 0 Å². The lowest BCUT2D eigenvalue weighted by molar-refractivity contribution is 0.163. The smallest absolute Gasteiger partial charge is 0.0326 e. The third-order valence-electron chi connectivity index (χ3n) is 5.28. The second-order valence-electron chi connectivity index (χ2n) is 6.69. The Morgan fingerprint density at radius 2 is 2.05 bits per heavy atom. The van der Waals surface area contributed by atoms with Crippen molar-refractivity contribution in [2.45, 2.75) is 64.6 Å². The van der Waals surface area contributed by atoms with Crippen molar-refractivity contribution >= 4 is 0 Å². The van der Waals surface area contributed by atoms with Crippen molar-refractivity contribution in [3.05, 3.63) is 34.9 Å². The van der Waals surface area contributed by atoms with Gasteiger partial charge in [-0.25, -0.2) is 0 Å². The first kappa shape index (κ1) is 14.1. The Morgan fingerprint density at radius 1 is 1.20 bits per heavy atom. The van der Waals surface area contributed by atoms with Crippen LogP contribution < -0.4 is 5.32 Å². The molecule has 2 aliphatic heterocycles. The van der Waals surface area contributed by atoms with Gasteiger partial charge in [0.1, 0.15) is 0 Å². The van der Waals surface area contributed by atoms with Crippen molar-refractivity contribution in [3.63, 3.8) is 0 Å². The van der Waals surface area contributed by atoms with Crippen LogP contribution in [0.3, 0.4) is 0 Å². The molecule has 0 bridgehead atoms. The first-order valence-corrected chi connectivity index (χ1v) is 8.23. The van der Waals surface area contributed by atoms with Crippen molar-refractivity contribution in [2.24, 2.45) is 0 Å². The van der Waals surface area contributed by atoms with Gasteiger partial charge in [-0.1, -0.05) is 23.8 Å². The third kappa shape index (κ3) is 2.64. The van der Waals surface area contributed by atoms with Gasteiger partial charge in [0.15, 0.2) is 0 Å². The second kappa shape index (κ2) is 5.87. The van der Waals surface area contributed by atoms with Crippen molar-refractivity contribution < 1.29 is 0 Å². The van der Waals surface area contributed by atoms with Gasteiger partial charge >= 0.3 is 0 Å². The zero-order chi connectivity index (χ0) is 14.1. The minimum Gasteiger partial charge on any atom is -0.312 e. The topological polar surface area (TPSA) is 15.3 Å². The standard InChI is InChI=1S/C18H28N2/c1-13-8-9-16(14(2)12-13)15(3)20-11-5-7-18(20)17-6-4-10-19-17/h8-9,12,15,17-19H,4-7,10-11H2,1-3H3. The fourth-order valence-electron chi connectivity index (χ4n) is 4.24. The molecule has 2 saturated heterocycles. The summed E-state index contributed by atoms with van der Waals surface area (Å²) in [7, 11) is 0. The number of rotatable bonds is 3. The zero-order valence-electron chi connectivity index (χ0n) is 13.2. The summed E-state index contributed by atoms with van der Waals surface area (Å²) in [6, 6.07) is 8.94. The van der Waals surface area contributed by atoms with E-state index in [1.165, 1.54) is 55.5 Å². The Labute approximate surface area is 123 Å². The van der Waals surface area contributed by atoms with E-state index in [1.807, 2.05) is 0 Å². The first-order valence-electron chi connectivity index (χ1n) is 8.23. The van der Waals surface area contributed by atoms with Gasteiger partial charge in [0.2, 0.25) is 0 Å². The minimum absolute atomic E-state index is 0.547. The van der Waals surface area contributed by atoms with Gasteiger partial charge in [0.05, 0.1) is 0 Å². The van der Waals surface area contributed by atoms with E-state index in [9.17, 15) is 0 Å². The predicted molar refractivity (Wildman–Crippen MR) is 85.1 cm³/mol. The van der Waals surface area contributed by atoms with E-state index in [0.29, 0.717) is 6.04 Å². The van der Waals surface area contributed by atoms with Crippen molar-refractivity contribution in [3.8, 4) is 0 Å². The van der Waals surface area contributed by atoms with Crippen LogP contribution in [0, 0.1) is 13.8 Å². The summed E-state index contributed by atoms with van der Waals surface area (Å²) in [4.78, 5) is 2.75. The number of nitrogens with one attached hydrogen (secondary N) is 1. The molecule has 0 amide bonds. The summed E-state index contributed by atoms with van der Waals surface area (Å²) in [5, 5.41) is 3.72. The predicted octanol–water partition coefficient (Wildman–Crippen LogP) is 3.58. The molecule has 3 unspecified atom stereocenters. The lowest BCUT2D eigenvalue weighted by atomic mass is 9.97. The average molecular weight is 272 g/mol. The Morgan fingerprint density at radius 3 is 2.75 bits per heavy atom. The van der Waals surface area contributed by atoms with Gasteiger partial charge in [-0.3, -0.25) is 4.90 Å². The van der Waals surface area contributed by atoms with Crippen LogP contribution in [0.1, 0.15) is 55.3 Å². The molecule has 1 aromatic rings. The molecule has 110 valence electrons. The first-order chi connectivity index (χ1) is 9.66. The van der Waals surface area contributed by atoms with Crippen LogP contribution in [0.2, 0.25) is 0 Å². The number of benzene rings is 1. The molecule has 0 aliphatic carbocycles. The molecule has 2 heterocycles. The Kier molecular flexibility index (Phi) is 4.13. The van der Waals surface area contributed by atoms with E-state index < -0.39 is 0 Å². The highest BCUT2D eigenvalue weighted by molar-refractivity contribution is 5.32. The van der Waals surface area contributed by atoms with Crippen LogP contribution in [0.4, 0.5) is 0 Å². The molecule has 1 N–H and O–H groups in total. The van der Waals surface area contributed by atoms with Crippen LogP contribution in [-0.2, 0) is 0 Å². The van der Waals surface area contributed by atoms with Gasteiger partial charge in [-0.15, -0.1) is 0 Å². The summed E-state index contributed by atoms with van der Waals surface area (Å²) < 4.78 is 0. The Balaban J connectivity index is 1.79. The van der Waals surface area contributed by atoms with E-state index in [1.54, 1.807) is 0 Å². The van der Waals surface area contributed by atoms with Crippen LogP contribution in [0.15, 0.2) is 18.2 Å². The molecule has 2 fully saturated rings. The summed E-state index contributed by atoms with van der Waals surface area (Å²) in [5.41, 5.74) is 4.33. The molecule has 3 rings (SSSR count). The van der Waals surface area contributed by atoms with Gasteiger partial charge in [0, 0.05) is 18.1 Å². The molecule has 0 radical (unpaired) electrons. The monoisotopic (exact) mass is 272 g/mol. The van der Waals surface area contributed by atoms with Gasteiger partial charge < -0.3 is 5.32 Å². The molecule has 3 atom stereocenters. The molecule has 0 saturated carbocycles. The maximum absolute atomic E-state index is 3.72. The fourth-order valence-corrected chi connectivity index (χ4v) is 4.24. The van der Waals surface area contributed by atoms with Crippen molar-refractivity contribution in [1.82, 2.24) is 10.2 Å². The molecule has 20 heavy (non-hydrogen) atoms. The highest BCUT2D eigenvalue weighted by Crippen LogP contribution is 2.34. The van der Waals surface area contributed by atoms with Crippen LogP contribution in [0.25, 0.3) is 0 Å². The van der Waals surface area contributed by atoms with Crippen LogP contribution in [-0.4, -0.2) is 30.1 Å². The van der Waals surface area contributed by atoms with Crippen LogP contribution in [0.5, 0.6) is 0 Å². The van der Waals surface area contributed by atoms with Crippen LogP contribution >= 0.6 is 0 Å². The SMILES string of the molecule is Cc1ccc(C(C)N2CCCC2C2CCCN2)c(C)c1. The molecular weight excluding hydrogens is 244 g/mol.